The number of anilines is 1. The van der Waals surface area contributed by atoms with Crippen molar-refractivity contribution >= 4 is 29.0 Å². The van der Waals surface area contributed by atoms with Crippen LogP contribution < -0.4 is 5.32 Å². The predicted octanol–water partition coefficient (Wildman–Crippen LogP) is 5.14. The highest BCUT2D eigenvalue weighted by atomic mass is 32.2. The highest BCUT2D eigenvalue weighted by Crippen LogP contribution is 2.23. The van der Waals surface area contributed by atoms with Crippen LogP contribution >= 0.6 is 11.8 Å². The average Bonchev–Trinajstić information content (AvgIpc) is 2.68. The highest BCUT2D eigenvalue weighted by Gasteiger charge is 2.09. The SMILES string of the molecule is O=C(Nc1ccc(CSc2ccccc2)cc1)c1ccc([N+](=O)[O-])cc1. The third kappa shape index (κ3) is 4.70. The van der Waals surface area contributed by atoms with Crippen LogP contribution in [0.1, 0.15) is 15.9 Å². The van der Waals surface area contributed by atoms with Crippen LogP contribution in [0.4, 0.5) is 11.4 Å². The Morgan fingerprint density at radius 2 is 1.58 bits per heavy atom. The normalized spacial score (nSPS) is 10.3. The first kappa shape index (κ1) is 17.7. The summed E-state index contributed by atoms with van der Waals surface area (Å²) in [6, 6.07) is 23.3. The molecular formula is C20H16N2O3S. The van der Waals surface area contributed by atoms with Crippen molar-refractivity contribution in [2.24, 2.45) is 0 Å². The Morgan fingerprint density at radius 1 is 0.923 bits per heavy atom. The van der Waals surface area contributed by atoms with Gasteiger partial charge < -0.3 is 5.32 Å². The minimum atomic E-state index is -0.492. The van der Waals surface area contributed by atoms with Crippen LogP contribution in [-0.2, 0) is 5.75 Å². The number of nitro groups is 1. The van der Waals surface area contributed by atoms with Gasteiger partial charge >= 0.3 is 0 Å². The monoisotopic (exact) mass is 364 g/mol. The van der Waals surface area contributed by atoms with Crippen molar-refractivity contribution in [2.45, 2.75) is 10.6 Å². The van der Waals surface area contributed by atoms with E-state index in [4.69, 9.17) is 0 Å². The molecule has 26 heavy (non-hydrogen) atoms. The minimum Gasteiger partial charge on any atom is -0.322 e. The van der Waals surface area contributed by atoms with Gasteiger partial charge in [0.15, 0.2) is 0 Å². The lowest BCUT2D eigenvalue weighted by molar-refractivity contribution is -0.384. The Balaban J connectivity index is 1.58. The van der Waals surface area contributed by atoms with E-state index >= 15 is 0 Å². The van der Waals surface area contributed by atoms with Gasteiger partial charge in [0.2, 0.25) is 0 Å². The molecule has 0 radical (unpaired) electrons. The molecule has 0 bridgehead atoms. The summed E-state index contributed by atoms with van der Waals surface area (Å²) in [4.78, 5) is 23.6. The number of thioether (sulfide) groups is 1. The number of nitrogens with zero attached hydrogens (tertiary/aromatic N) is 1. The second-order valence-corrected chi connectivity index (χ2v) is 6.61. The standard InChI is InChI=1S/C20H16N2O3S/c23-20(16-8-12-18(13-9-16)22(24)25)21-17-10-6-15(7-11-17)14-26-19-4-2-1-3-5-19/h1-13H,14H2,(H,21,23). The van der Waals surface area contributed by atoms with Gasteiger partial charge in [-0.3, -0.25) is 14.9 Å². The van der Waals surface area contributed by atoms with Crippen LogP contribution in [0.3, 0.4) is 0 Å². The van der Waals surface area contributed by atoms with Gasteiger partial charge in [0.25, 0.3) is 11.6 Å². The number of rotatable bonds is 6. The molecule has 0 saturated carbocycles. The number of nitro benzene ring substituents is 1. The fraction of sp³-hybridized carbons (Fsp3) is 0.0500. The van der Waals surface area contributed by atoms with E-state index in [0.29, 0.717) is 11.3 Å². The molecule has 0 fully saturated rings. The molecule has 5 nitrogen and oxygen atoms in total. The van der Waals surface area contributed by atoms with Gasteiger partial charge in [-0.15, -0.1) is 11.8 Å². The smallest absolute Gasteiger partial charge is 0.269 e. The molecular weight excluding hydrogens is 348 g/mol. The number of benzene rings is 3. The second kappa shape index (κ2) is 8.31. The van der Waals surface area contributed by atoms with Gasteiger partial charge in [0, 0.05) is 34.0 Å². The van der Waals surface area contributed by atoms with Crippen molar-refractivity contribution in [3.63, 3.8) is 0 Å². The molecule has 3 aromatic carbocycles. The lowest BCUT2D eigenvalue weighted by Crippen LogP contribution is -2.11. The number of nitrogens with one attached hydrogen (secondary N) is 1. The molecule has 3 rings (SSSR count). The van der Waals surface area contributed by atoms with E-state index in [9.17, 15) is 14.9 Å². The van der Waals surface area contributed by atoms with Crippen LogP contribution in [-0.4, -0.2) is 10.8 Å². The Kier molecular flexibility index (Phi) is 5.66. The van der Waals surface area contributed by atoms with Gasteiger partial charge in [0.1, 0.15) is 0 Å². The Hall–Kier alpha value is -3.12. The van der Waals surface area contributed by atoms with E-state index in [1.807, 2.05) is 42.5 Å². The molecule has 0 atom stereocenters. The first-order valence-electron chi connectivity index (χ1n) is 7.94. The summed E-state index contributed by atoms with van der Waals surface area (Å²) in [7, 11) is 0. The Labute approximate surface area is 155 Å². The topological polar surface area (TPSA) is 72.2 Å². The predicted molar refractivity (Wildman–Crippen MR) is 103 cm³/mol. The van der Waals surface area contributed by atoms with Crippen LogP contribution in [0, 0.1) is 10.1 Å². The molecule has 130 valence electrons. The summed E-state index contributed by atoms with van der Waals surface area (Å²) in [5, 5.41) is 13.4. The maximum atomic E-state index is 12.2. The molecule has 1 N–H and O–H groups in total. The third-order valence-corrected chi connectivity index (χ3v) is 4.78. The van der Waals surface area contributed by atoms with Crippen LogP contribution in [0.5, 0.6) is 0 Å². The molecule has 0 heterocycles. The summed E-state index contributed by atoms with van der Waals surface area (Å²) in [6.07, 6.45) is 0. The third-order valence-electron chi connectivity index (χ3n) is 3.70. The average molecular weight is 364 g/mol. The van der Waals surface area contributed by atoms with Gasteiger partial charge in [-0.05, 0) is 42.0 Å². The van der Waals surface area contributed by atoms with E-state index in [0.717, 1.165) is 11.3 Å². The zero-order chi connectivity index (χ0) is 18.4. The van der Waals surface area contributed by atoms with E-state index in [1.54, 1.807) is 11.8 Å². The first-order chi connectivity index (χ1) is 12.6. The maximum absolute atomic E-state index is 12.2. The van der Waals surface area contributed by atoms with Crippen molar-refractivity contribution in [3.8, 4) is 0 Å². The molecule has 6 heteroatoms. The number of hydrogen-bond donors (Lipinski definition) is 1. The minimum absolute atomic E-state index is 0.0400. The molecule has 0 aliphatic heterocycles. The number of hydrogen-bond acceptors (Lipinski definition) is 4. The lowest BCUT2D eigenvalue weighted by Gasteiger charge is -2.07. The van der Waals surface area contributed by atoms with Gasteiger partial charge in [-0.2, -0.15) is 0 Å². The van der Waals surface area contributed by atoms with Crippen molar-refractivity contribution in [1.82, 2.24) is 0 Å². The summed E-state index contributed by atoms with van der Waals surface area (Å²) in [5.41, 5.74) is 2.18. The largest absolute Gasteiger partial charge is 0.322 e. The van der Waals surface area contributed by atoms with E-state index in [2.05, 4.69) is 17.4 Å². The van der Waals surface area contributed by atoms with Crippen LogP contribution in [0.2, 0.25) is 0 Å². The van der Waals surface area contributed by atoms with Gasteiger partial charge in [-0.25, -0.2) is 0 Å². The Bertz CT molecular complexity index is 895. The van der Waals surface area contributed by atoms with Crippen molar-refractivity contribution in [2.75, 3.05) is 5.32 Å². The zero-order valence-corrected chi connectivity index (χ0v) is 14.6. The number of non-ortho nitro benzene ring substituents is 1. The number of amides is 1. The molecule has 0 aliphatic rings. The molecule has 0 unspecified atom stereocenters. The lowest BCUT2D eigenvalue weighted by atomic mass is 10.2. The van der Waals surface area contributed by atoms with Crippen molar-refractivity contribution in [3.05, 3.63) is 100 Å². The summed E-state index contributed by atoms with van der Waals surface area (Å²) >= 11 is 1.75. The highest BCUT2D eigenvalue weighted by molar-refractivity contribution is 7.98. The summed E-state index contributed by atoms with van der Waals surface area (Å²) < 4.78 is 0. The number of carbonyl (C=O) groups is 1. The molecule has 0 saturated heterocycles. The van der Waals surface area contributed by atoms with Crippen LogP contribution in [0.15, 0.2) is 83.8 Å². The van der Waals surface area contributed by atoms with Gasteiger partial charge in [0.05, 0.1) is 4.92 Å². The Morgan fingerprint density at radius 3 is 2.19 bits per heavy atom. The van der Waals surface area contributed by atoms with Crippen molar-refractivity contribution in [1.29, 1.82) is 0 Å². The molecule has 3 aromatic rings. The van der Waals surface area contributed by atoms with E-state index < -0.39 is 4.92 Å². The zero-order valence-electron chi connectivity index (χ0n) is 13.8. The van der Waals surface area contributed by atoms with E-state index in [-0.39, 0.29) is 11.6 Å². The van der Waals surface area contributed by atoms with Crippen LogP contribution in [0.25, 0.3) is 0 Å². The molecule has 0 aromatic heterocycles. The fourth-order valence-electron chi connectivity index (χ4n) is 2.31. The number of carbonyl (C=O) groups excluding carboxylic acids is 1. The summed E-state index contributed by atoms with van der Waals surface area (Å²) in [6.45, 7) is 0. The van der Waals surface area contributed by atoms with Gasteiger partial charge in [-0.1, -0.05) is 30.3 Å². The summed E-state index contributed by atoms with van der Waals surface area (Å²) in [5.74, 6) is 0.548. The molecule has 0 spiro atoms. The van der Waals surface area contributed by atoms with E-state index in [1.165, 1.54) is 29.2 Å². The molecule has 0 aliphatic carbocycles. The fourth-order valence-corrected chi connectivity index (χ4v) is 3.18. The van der Waals surface area contributed by atoms with Crippen molar-refractivity contribution < 1.29 is 9.72 Å². The second-order valence-electron chi connectivity index (χ2n) is 5.56. The molecule has 1 amide bonds. The quantitative estimate of drug-likeness (QED) is 0.373. The maximum Gasteiger partial charge on any atom is 0.269 e. The first-order valence-corrected chi connectivity index (χ1v) is 8.93.